The number of amides is 1. The minimum Gasteiger partial charge on any atom is -0.301 e. The summed E-state index contributed by atoms with van der Waals surface area (Å²) in [6.07, 6.45) is 0. The molecule has 0 aliphatic rings. The van der Waals surface area contributed by atoms with Crippen LogP contribution in [0, 0.1) is 0 Å². The second-order valence-electron chi connectivity index (χ2n) is 5.59. The maximum Gasteiger partial charge on any atom is 0.236 e. The number of carbonyl (C=O) groups excluding carboxylic acids is 1. The Bertz CT molecular complexity index is 1080. The second kappa shape index (κ2) is 8.51. The van der Waals surface area contributed by atoms with Crippen molar-refractivity contribution in [2.45, 2.75) is 5.16 Å². The number of hydrogen-bond donors (Lipinski definition) is 1. The normalized spacial score (nSPS) is 10.8. The highest BCUT2D eigenvalue weighted by Gasteiger charge is 2.13. The minimum atomic E-state index is -0.176. The molecule has 1 amide bonds. The molecular weight excluding hydrogens is 416 g/mol. The van der Waals surface area contributed by atoms with Crippen molar-refractivity contribution in [2.75, 3.05) is 11.1 Å². The van der Waals surface area contributed by atoms with Crippen molar-refractivity contribution in [3.8, 4) is 16.9 Å². The molecule has 0 aliphatic heterocycles. The first-order chi connectivity index (χ1) is 13.7. The van der Waals surface area contributed by atoms with Crippen LogP contribution in [0.1, 0.15) is 0 Å². The van der Waals surface area contributed by atoms with Crippen LogP contribution >= 0.6 is 34.7 Å². The Labute approximate surface area is 173 Å². The van der Waals surface area contributed by atoms with Crippen LogP contribution in [0.3, 0.4) is 0 Å². The van der Waals surface area contributed by atoms with Crippen LogP contribution in [-0.4, -0.2) is 36.9 Å². The van der Waals surface area contributed by atoms with Gasteiger partial charge in [0.1, 0.15) is 0 Å². The lowest BCUT2D eigenvalue weighted by molar-refractivity contribution is -0.113. The Morgan fingerprint density at radius 3 is 2.71 bits per heavy atom. The third-order valence-corrected chi connectivity index (χ3v) is 5.59. The first-order valence-electron chi connectivity index (χ1n) is 8.17. The largest absolute Gasteiger partial charge is 0.301 e. The SMILES string of the molecule is O=C(CSc1nnnn1-c1ccccc1)Nc1nc(-c2ccc(Cl)cc2)cs1. The first-order valence-corrected chi connectivity index (χ1v) is 10.4. The summed E-state index contributed by atoms with van der Waals surface area (Å²) in [5.74, 6) is -0.00657. The Hall–Kier alpha value is -2.75. The number of carbonyl (C=O) groups is 1. The second-order valence-corrected chi connectivity index (χ2v) is 7.83. The van der Waals surface area contributed by atoms with Crippen LogP contribution in [0.2, 0.25) is 5.02 Å². The van der Waals surface area contributed by atoms with Gasteiger partial charge in [-0.3, -0.25) is 4.79 Å². The number of aromatic nitrogens is 5. The number of thiazole rings is 1. The predicted octanol–water partition coefficient (Wildman–Crippen LogP) is 4.17. The zero-order chi connectivity index (χ0) is 19.3. The highest BCUT2D eigenvalue weighted by atomic mass is 35.5. The zero-order valence-corrected chi connectivity index (χ0v) is 16.7. The predicted molar refractivity (Wildman–Crippen MR) is 111 cm³/mol. The molecule has 28 heavy (non-hydrogen) atoms. The van der Waals surface area contributed by atoms with E-state index in [-0.39, 0.29) is 11.7 Å². The van der Waals surface area contributed by atoms with Crippen molar-refractivity contribution in [2.24, 2.45) is 0 Å². The molecule has 0 bridgehead atoms. The van der Waals surface area contributed by atoms with Gasteiger partial charge >= 0.3 is 0 Å². The topological polar surface area (TPSA) is 85.6 Å². The molecule has 4 rings (SSSR count). The van der Waals surface area contributed by atoms with Crippen LogP contribution in [0.4, 0.5) is 5.13 Å². The molecule has 0 radical (unpaired) electrons. The summed E-state index contributed by atoms with van der Waals surface area (Å²) in [5, 5.41) is 18.1. The molecule has 0 fully saturated rings. The van der Waals surface area contributed by atoms with E-state index in [0.717, 1.165) is 16.9 Å². The van der Waals surface area contributed by atoms with Crippen molar-refractivity contribution >= 4 is 45.7 Å². The molecule has 4 aromatic rings. The fraction of sp³-hybridized carbons (Fsp3) is 0.0556. The molecule has 2 aromatic heterocycles. The van der Waals surface area contributed by atoms with Gasteiger partial charge in [-0.2, -0.15) is 4.68 Å². The van der Waals surface area contributed by atoms with E-state index < -0.39 is 0 Å². The van der Waals surface area contributed by atoms with Gasteiger partial charge in [-0.1, -0.05) is 53.7 Å². The van der Waals surface area contributed by atoms with E-state index >= 15 is 0 Å². The van der Waals surface area contributed by atoms with Gasteiger partial charge < -0.3 is 5.32 Å². The lowest BCUT2D eigenvalue weighted by Crippen LogP contribution is -2.14. The summed E-state index contributed by atoms with van der Waals surface area (Å²) in [6.45, 7) is 0. The van der Waals surface area contributed by atoms with Crippen LogP contribution in [0.5, 0.6) is 0 Å². The zero-order valence-electron chi connectivity index (χ0n) is 14.3. The molecule has 7 nitrogen and oxygen atoms in total. The number of rotatable bonds is 6. The molecule has 2 aromatic carbocycles. The standard InChI is InChI=1S/C18H13ClN6OS2/c19-13-8-6-12(7-9-13)15-10-27-17(20-15)21-16(26)11-28-18-22-23-24-25(18)14-4-2-1-3-5-14/h1-10H,11H2,(H,20,21,26). The Morgan fingerprint density at radius 2 is 1.93 bits per heavy atom. The van der Waals surface area contributed by atoms with Gasteiger partial charge in [0.15, 0.2) is 5.13 Å². The summed E-state index contributed by atoms with van der Waals surface area (Å²) in [5.41, 5.74) is 2.57. The Morgan fingerprint density at radius 1 is 1.14 bits per heavy atom. The number of benzene rings is 2. The molecule has 0 aliphatic carbocycles. The van der Waals surface area contributed by atoms with Crippen molar-refractivity contribution in [3.63, 3.8) is 0 Å². The van der Waals surface area contributed by atoms with Crippen molar-refractivity contribution < 1.29 is 4.79 Å². The number of nitrogens with zero attached hydrogens (tertiary/aromatic N) is 5. The van der Waals surface area contributed by atoms with Gasteiger partial charge in [-0.25, -0.2) is 4.98 Å². The summed E-state index contributed by atoms with van der Waals surface area (Å²) in [7, 11) is 0. The van der Waals surface area contributed by atoms with Gasteiger partial charge in [0, 0.05) is 16.0 Å². The minimum absolute atomic E-state index is 0.170. The van der Waals surface area contributed by atoms with E-state index in [1.54, 1.807) is 4.68 Å². The van der Waals surface area contributed by atoms with Crippen molar-refractivity contribution in [3.05, 3.63) is 65.0 Å². The molecule has 2 heterocycles. The summed E-state index contributed by atoms with van der Waals surface area (Å²) in [4.78, 5) is 16.7. The van der Waals surface area contributed by atoms with E-state index in [2.05, 4.69) is 25.8 Å². The molecule has 140 valence electrons. The maximum atomic E-state index is 12.3. The number of tetrazole rings is 1. The van der Waals surface area contributed by atoms with Crippen LogP contribution in [-0.2, 0) is 4.79 Å². The van der Waals surface area contributed by atoms with Crippen LogP contribution < -0.4 is 5.32 Å². The third kappa shape index (κ3) is 4.38. The molecule has 0 saturated carbocycles. The summed E-state index contributed by atoms with van der Waals surface area (Å²) >= 11 is 8.53. The van der Waals surface area contributed by atoms with Gasteiger partial charge in [-0.15, -0.1) is 16.4 Å². The third-order valence-electron chi connectivity index (χ3n) is 3.66. The Kier molecular flexibility index (Phi) is 5.65. The van der Waals surface area contributed by atoms with E-state index in [9.17, 15) is 4.79 Å². The highest BCUT2D eigenvalue weighted by molar-refractivity contribution is 7.99. The molecule has 10 heteroatoms. The molecule has 0 spiro atoms. The number of nitrogens with one attached hydrogen (secondary N) is 1. The van der Waals surface area contributed by atoms with Crippen LogP contribution in [0.25, 0.3) is 16.9 Å². The highest BCUT2D eigenvalue weighted by Crippen LogP contribution is 2.26. The first kappa shape index (κ1) is 18.6. The molecule has 0 atom stereocenters. The van der Waals surface area contributed by atoms with Gasteiger partial charge in [-0.05, 0) is 34.7 Å². The lowest BCUT2D eigenvalue weighted by Gasteiger charge is -2.04. The fourth-order valence-electron chi connectivity index (χ4n) is 2.37. The molecule has 0 unspecified atom stereocenters. The maximum absolute atomic E-state index is 12.3. The molecule has 1 N–H and O–H groups in total. The number of para-hydroxylation sites is 1. The van der Waals surface area contributed by atoms with Crippen LogP contribution in [0.15, 0.2) is 65.1 Å². The van der Waals surface area contributed by atoms with E-state index in [0.29, 0.717) is 15.3 Å². The van der Waals surface area contributed by atoms with Crippen molar-refractivity contribution in [1.29, 1.82) is 0 Å². The summed E-state index contributed by atoms with van der Waals surface area (Å²) < 4.78 is 1.60. The van der Waals surface area contributed by atoms with E-state index in [1.165, 1.54) is 23.1 Å². The molecule has 0 saturated heterocycles. The number of thioether (sulfide) groups is 1. The van der Waals surface area contributed by atoms with Gasteiger partial charge in [0.2, 0.25) is 11.1 Å². The van der Waals surface area contributed by atoms with E-state index in [4.69, 9.17) is 11.6 Å². The average Bonchev–Trinajstić information content (AvgIpc) is 3.37. The quantitative estimate of drug-likeness (QED) is 0.464. The lowest BCUT2D eigenvalue weighted by atomic mass is 10.2. The number of anilines is 1. The molecular formula is C18H13ClN6OS2. The van der Waals surface area contributed by atoms with Gasteiger partial charge in [0.05, 0.1) is 17.1 Å². The van der Waals surface area contributed by atoms with Crippen molar-refractivity contribution in [1.82, 2.24) is 25.2 Å². The smallest absolute Gasteiger partial charge is 0.236 e. The average molecular weight is 429 g/mol. The van der Waals surface area contributed by atoms with Gasteiger partial charge in [0.25, 0.3) is 0 Å². The number of halogens is 1. The van der Waals surface area contributed by atoms with E-state index in [1.807, 2.05) is 60.0 Å². The fourth-order valence-corrected chi connectivity index (χ4v) is 3.92. The summed E-state index contributed by atoms with van der Waals surface area (Å²) in [6, 6.07) is 16.9. The number of hydrogen-bond acceptors (Lipinski definition) is 7. The monoisotopic (exact) mass is 428 g/mol. The Balaban J connectivity index is 1.37.